The van der Waals surface area contributed by atoms with Gasteiger partial charge in [-0.25, -0.2) is 4.98 Å². The second-order valence-electron chi connectivity index (χ2n) is 6.44. The van der Waals surface area contributed by atoms with E-state index in [4.69, 9.17) is 10.5 Å². The molecular formula is C21H23N5O2. The van der Waals surface area contributed by atoms with Gasteiger partial charge >= 0.3 is 0 Å². The van der Waals surface area contributed by atoms with Gasteiger partial charge in [-0.05, 0) is 42.7 Å². The van der Waals surface area contributed by atoms with Crippen molar-refractivity contribution in [2.75, 3.05) is 10.6 Å². The number of nitrogens with two attached hydrogens (primary N) is 1. The minimum absolute atomic E-state index is 0.229. The number of nitrogens with zero attached hydrogens (tertiary/aromatic N) is 2. The van der Waals surface area contributed by atoms with E-state index in [0.717, 1.165) is 22.4 Å². The number of hydrogen-bond donors (Lipinski definition) is 3. The fourth-order valence-corrected chi connectivity index (χ4v) is 2.69. The molecule has 144 valence electrons. The molecule has 0 aliphatic heterocycles. The first-order chi connectivity index (χ1) is 13.5. The van der Waals surface area contributed by atoms with E-state index in [9.17, 15) is 4.79 Å². The lowest BCUT2D eigenvalue weighted by atomic mass is 10.1. The topological polar surface area (TPSA) is 102 Å². The van der Waals surface area contributed by atoms with Gasteiger partial charge in [-0.15, -0.1) is 0 Å². The Labute approximate surface area is 164 Å². The maximum absolute atomic E-state index is 11.5. The molecule has 7 heteroatoms. The molecule has 0 saturated heterocycles. The van der Waals surface area contributed by atoms with Crippen molar-refractivity contribution in [2.45, 2.75) is 27.3 Å². The van der Waals surface area contributed by atoms with Gasteiger partial charge in [-0.1, -0.05) is 30.3 Å². The lowest BCUT2D eigenvalue weighted by Gasteiger charge is -2.15. The summed E-state index contributed by atoms with van der Waals surface area (Å²) >= 11 is 0. The van der Waals surface area contributed by atoms with Gasteiger partial charge in [0.2, 0.25) is 17.7 Å². The van der Waals surface area contributed by atoms with Gasteiger partial charge in [0, 0.05) is 19.2 Å². The minimum atomic E-state index is -0.229. The summed E-state index contributed by atoms with van der Waals surface area (Å²) in [5.41, 5.74) is 9.83. The molecule has 0 atom stereocenters. The number of aryl methyl sites for hydroxylation is 2. The van der Waals surface area contributed by atoms with Crippen LogP contribution in [0.25, 0.3) is 0 Å². The Morgan fingerprint density at radius 2 is 1.79 bits per heavy atom. The first-order valence-electron chi connectivity index (χ1n) is 8.91. The Morgan fingerprint density at radius 3 is 2.39 bits per heavy atom. The quantitative estimate of drug-likeness (QED) is 0.599. The van der Waals surface area contributed by atoms with Crippen LogP contribution in [0, 0.1) is 13.8 Å². The third-order valence-corrected chi connectivity index (χ3v) is 4.12. The Hall–Kier alpha value is -3.45. The summed E-state index contributed by atoms with van der Waals surface area (Å²) in [6.07, 6.45) is 1.52. The summed E-state index contributed by atoms with van der Waals surface area (Å²) in [5, 5.41) is 5.84. The van der Waals surface area contributed by atoms with Crippen molar-refractivity contribution in [2.24, 2.45) is 5.73 Å². The smallest absolute Gasteiger partial charge is 0.248 e. The molecule has 3 aromatic rings. The highest BCUT2D eigenvalue weighted by Gasteiger charge is 2.14. The number of aromatic nitrogens is 2. The van der Waals surface area contributed by atoms with Crippen LogP contribution in [-0.2, 0) is 11.3 Å². The van der Waals surface area contributed by atoms with Crippen LogP contribution in [0.2, 0.25) is 0 Å². The fourth-order valence-electron chi connectivity index (χ4n) is 2.69. The molecule has 0 bridgehead atoms. The normalized spacial score (nSPS) is 10.4. The first kappa shape index (κ1) is 19.3. The van der Waals surface area contributed by atoms with Crippen molar-refractivity contribution in [3.8, 4) is 11.6 Å². The van der Waals surface area contributed by atoms with Crippen molar-refractivity contribution < 1.29 is 9.53 Å². The predicted molar refractivity (Wildman–Crippen MR) is 110 cm³/mol. The SMILES string of the molecule is CC(=O)Nc1cnc(Nc2ccc(CN)cc2)nc1Oc1c(C)cccc1C. The molecule has 3 rings (SSSR count). The number of carbonyl (C=O) groups excluding carboxylic acids is 1. The molecule has 0 aliphatic rings. The molecule has 0 unspecified atom stereocenters. The predicted octanol–water partition coefficient (Wildman–Crippen LogP) is 4.05. The summed E-state index contributed by atoms with van der Waals surface area (Å²) in [7, 11) is 0. The van der Waals surface area contributed by atoms with E-state index >= 15 is 0 Å². The molecule has 4 N–H and O–H groups in total. The van der Waals surface area contributed by atoms with Crippen LogP contribution in [0.1, 0.15) is 23.6 Å². The van der Waals surface area contributed by atoms with Crippen molar-refractivity contribution in [3.05, 3.63) is 65.4 Å². The van der Waals surface area contributed by atoms with E-state index in [2.05, 4.69) is 20.6 Å². The van der Waals surface area contributed by atoms with E-state index in [1.807, 2.05) is 56.3 Å². The lowest BCUT2D eigenvalue weighted by Crippen LogP contribution is -2.10. The van der Waals surface area contributed by atoms with Crippen LogP contribution in [0.3, 0.4) is 0 Å². The Balaban J connectivity index is 1.93. The summed E-state index contributed by atoms with van der Waals surface area (Å²) in [4.78, 5) is 20.3. The van der Waals surface area contributed by atoms with Crippen molar-refractivity contribution in [1.29, 1.82) is 0 Å². The van der Waals surface area contributed by atoms with Gasteiger partial charge in [0.15, 0.2) is 0 Å². The molecule has 1 heterocycles. The Morgan fingerprint density at radius 1 is 1.11 bits per heavy atom. The number of anilines is 3. The Bertz CT molecular complexity index is 966. The number of rotatable bonds is 6. The number of hydrogen-bond acceptors (Lipinski definition) is 6. The molecule has 0 fully saturated rings. The van der Waals surface area contributed by atoms with Crippen LogP contribution in [-0.4, -0.2) is 15.9 Å². The fraction of sp³-hybridized carbons (Fsp3) is 0.190. The second-order valence-corrected chi connectivity index (χ2v) is 6.44. The van der Waals surface area contributed by atoms with Gasteiger partial charge in [0.05, 0.1) is 6.20 Å². The van der Waals surface area contributed by atoms with Crippen LogP contribution in [0.15, 0.2) is 48.7 Å². The minimum Gasteiger partial charge on any atom is -0.436 e. The molecule has 28 heavy (non-hydrogen) atoms. The standard InChI is InChI=1S/C21H23N5O2/c1-13-5-4-6-14(2)19(13)28-20-18(24-15(3)27)12-23-21(26-20)25-17-9-7-16(11-22)8-10-17/h4-10,12H,11,22H2,1-3H3,(H,24,27)(H,23,25,26). The number of amides is 1. The highest BCUT2D eigenvalue weighted by atomic mass is 16.5. The van der Waals surface area contributed by atoms with Gasteiger partial charge in [0.25, 0.3) is 0 Å². The molecule has 0 spiro atoms. The third-order valence-electron chi connectivity index (χ3n) is 4.12. The lowest BCUT2D eigenvalue weighted by molar-refractivity contribution is -0.114. The summed E-state index contributed by atoms with van der Waals surface area (Å²) < 4.78 is 6.06. The highest BCUT2D eigenvalue weighted by Crippen LogP contribution is 2.32. The summed E-state index contributed by atoms with van der Waals surface area (Å²) in [6.45, 7) is 5.82. The van der Waals surface area contributed by atoms with Crippen LogP contribution < -0.4 is 21.1 Å². The van der Waals surface area contributed by atoms with Crippen molar-refractivity contribution in [1.82, 2.24) is 9.97 Å². The van der Waals surface area contributed by atoms with E-state index < -0.39 is 0 Å². The average molecular weight is 377 g/mol. The molecule has 0 aliphatic carbocycles. The number of ether oxygens (including phenoxy) is 1. The molecular weight excluding hydrogens is 354 g/mol. The van der Waals surface area contributed by atoms with Crippen molar-refractivity contribution >= 4 is 23.2 Å². The van der Waals surface area contributed by atoms with Gasteiger partial charge in [-0.2, -0.15) is 4.98 Å². The Kier molecular flexibility index (Phi) is 5.86. The number of carbonyl (C=O) groups is 1. The zero-order chi connectivity index (χ0) is 20.1. The third kappa shape index (κ3) is 4.63. The van der Waals surface area contributed by atoms with Gasteiger partial charge in [0.1, 0.15) is 11.4 Å². The zero-order valence-electron chi connectivity index (χ0n) is 16.1. The molecule has 1 aromatic heterocycles. The molecule has 7 nitrogen and oxygen atoms in total. The van der Waals surface area contributed by atoms with Gasteiger partial charge < -0.3 is 21.1 Å². The molecule has 2 aromatic carbocycles. The van der Waals surface area contributed by atoms with Crippen LogP contribution in [0.5, 0.6) is 11.6 Å². The number of benzene rings is 2. The first-order valence-corrected chi connectivity index (χ1v) is 8.91. The maximum atomic E-state index is 11.5. The zero-order valence-corrected chi connectivity index (χ0v) is 16.1. The summed E-state index contributed by atoms with van der Waals surface area (Å²) in [5.74, 6) is 1.10. The van der Waals surface area contributed by atoms with Gasteiger partial charge in [-0.3, -0.25) is 4.79 Å². The highest BCUT2D eigenvalue weighted by molar-refractivity contribution is 5.90. The molecule has 0 radical (unpaired) electrons. The van der Waals surface area contributed by atoms with Crippen LogP contribution in [0.4, 0.5) is 17.3 Å². The van der Waals surface area contributed by atoms with Crippen molar-refractivity contribution in [3.63, 3.8) is 0 Å². The number of nitrogens with one attached hydrogen (secondary N) is 2. The maximum Gasteiger partial charge on any atom is 0.248 e. The monoisotopic (exact) mass is 377 g/mol. The second kappa shape index (κ2) is 8.49. The van der Waals surface area contributed by atoms with E-state index in [1.165, 1.54) is 13.1 Å². The largest absolute Gasteiger partial charge is 0.436 e. The molecule has 0 saturated carbocycles. The van der Waals surface area contributed by atoms with Crippen LogP contribution >= 0.6 is 0 Å². The average Bonchev–Trinajstić information content (AvgIpc) is 2.67. The molecule has 1 amide bonds. The van der Waals surface area contributed by atoms with E-state index in [0.29, 0.717) is 23.9 Å². The van der Waals surface area contributed by atoms with E-state index in [1.54, 1.807) is 0 Å². The summed E-state index contributed by atoms with van der Waals surface area (Å²) in [6, 6.07) is 13.5. The van der Waals surface area contributed by atoms with E-state index in [-0.39, 0.29) is 11.8 Å². The number of para-hydroxylation sites is 1.